The minimum Gasteiger partial charge on any atom is -0.491 e. The van der Waals surface area contributed by atoms with Crippen molar-refractivity contribution < 1.29 is 9.53 Å². The maximum Gasteiger partial charge on any atom is 0.241 e. The van der Waals surface area contributed by atoms with Gasteiger partial charge in [0.1, 0.15) is 24.2 Å². The minimum absolute atomic E-state index is 0.167. The van der Waals surface area contributed by atoms with Crippen LogP contribution in [0, 0.1) is 0 Å². The Bertz CT molecular complexity index is 1530. The van der Waals surface area contributed by atoms with Gasteiger partial charge in [-0.05, 0) is 36.4 Å². The summed E-state index contributed by atoms with van der Waals surface area (Å²) in [6.07, 6.45) is 8.86. The third-order valence-electron chi connectivity index (χ3n) is 6.72. The average molecular weight is 498 g/mol. The number of fused-ring (bicyclic) bond motifs is 2. The summed E-state index contributed by atoms with van der Waals surface area (Å²) in [5.41, 5.74) is 9.07. The van der Waals surface area contributed by atoms with Crippen molar-refractivity contribution in [3.05, 3.63) is 67.3 Å². The van der Waals surface area contributed by atoms with Crippen molar-refractivity contribution in [3.63, 3.8) is 0 Å². The van der Waals surface area contributed by atoms with E-state index in [1.165, 1.54) is 0 Å². The molecule has 0 aliphatic carbocycles. The molecular weight excluding hydrogens is 470 g/mol. The number of ether oxygens (including phenoxy) is 1. The number of benzene rings is 2. The van der Waals surface area contributed by atoms with Crippen molar-refractivity contribution in [2.45, 2.75) is 31.3 Å². The van der Waals surface area contributed by atoms with Crippen LogP contribution in [0.1, 0.15) is 18.5 Å². The van der Waals surface area contributed by atoms with Crippen LogP contribution in [-0.2, 0) is 11.2 Å². The molecule has 2 aromatic carbocycles. The smallest absolute Gasteiger partial charge is 0.241 e. The van der Waals surface area contributed by atoms with Crippen LogP contribution >= 0.6 is 0 Å². The molecule has 11 nitrogen and oxygen atoms in total. The number of H-pyrrole nitrogens is 2. The number of hydrogen-bond donors (Lipinski definition) is 4. The van der Waals surface area contributed by atoms with Gasteiger partial charge in [0, 0.05) is 35.9 Å². The molecule has 1 saturated heterocycles. The number of rotatable bonds is 8. The Kier molecular flexibility index (Phi) is 6.11. The molecule has 2 atom stereocenters. The third kappa shape index (κ3) is 4.68. The standard InChI is InChI=1S/C26H27N9O2/c27-21(10-18-11-28-13-29-18)26(36)34-17-7-6-16-3-1-5-22(20(16)9-17)37-12-19-4-2-8-35(19)25-23-24(31-14-30-23)32-15-33-25/h1,3,5-7,9,11,13-15,19,21H,2,4,8,10,12,27H2,(H,28,29)(H,34,36)(H,30,31,32,33)/t19-,21+/m1/s1. The number of amides is 1. The van der Waals surface area contributed by atoms with E-state index in [2.05, 4.69) is 40.1 Å². The van der Waals surface area contributed by atoms with Crippen LogP contribution in [0.2, 0.25) is 0 Å². The van der Waals surface area contributed by atoms with Crippen LogP contribution in [-0.4, -0.2) is 61.0 Å². The first-order chi connectivity index (χ1) is 18.2. The van der Waals surface area contributed by atoms with Gasteiger partial charge in [-0.1, -0.05) is 18.2 Å². The molecule has 5 N–H and O–H groups in total. The second-order valence-corrected chi connectivity index (χ2v) is 9.17. The van der Waals surface area contributed by atoms with E-state index in [0.29, 0.717) is 24.4 Å². The number of hydrogen-bond acceptors (Lipinski definition) is 8. The van der Waals surface area contributed by atoms with Crippen molar-refractivity contribution in [3.8, 4) is 5.75 Å². The summed E-state index contributed by atoms with van der Waals surface area (Å²) in [6, 6.07) is 11.2. The van der Waals surface area contributed by atoms with E-state index in [4.69, 9.17) is 10.5 Å². The SMILES string of the molecule is N[C@@H](Cc1cnc[nH]1)C(=O)Nc1ccc2cccc(OC[C@H]3CCCN3c3ncnc4nc[nH]c34)c2c1. The zero-order valence-corrected chi connectivity index (χ0v) is 20.1. The molecule has 37 heavy (non-hydrogen) atoms. The Labute approximate surface area is 212 Å². The van der Waals surface area contributed by atoms with Crippen LogP contribution in [0.4, 0.5) is 11.5 Å². The fraction of sp³-hybridized carbons (Fsp3) is 0.269. The third-order valence-corrected chi connectivity index (χ3v) is 6.72. The van der Waals surface area contributed by atoms with Gasteiger partial charge in [0.15, 0.2) is 11.5 Å². The zero-order valence-electron chi connectivity index (χ0n) is 20.1. The van der Waals surface area contributed by atoms with E-state index >= 15 is 0 Å². The van der Waals surface area contributed by atoms with Crippen molar-refractivity contribution >= 4 is 39.3 Å². The quantitative estimate of drug-likeness (QED) is 0.255. The minimum atomic E-state index is -0.695. The Hall–Kier alpha value is -4.51. The molecule has 11 heteroatoms. The molecule has 0 radical (unpaired) electrons. The van der Waals surface area contributed by atoms with Gasteiger partial charge in [-0.2, -0.15) is 0 Å². The highest BCUT2D eigenvalue weighted by Gasteiger charge is 2.28. The topological polar surface area (TPSA) is 151 Å². The molecule has 1 amide bonds. The lowest BCUT2D eigenvalue weighted by atomic mass is 10.1. The number of aromatic nitrogens is 6. The van der Waals surface area contributed by atoms with Gasteiger partial charge in [0.2, 0.25) is 5.91 Å². The average Bonchev–Trinajstić information content (AvgIpc) is 3.69. The largest absolute Gasteiger partial charge is 0.491 e. The molecule has 4 heterocycles. The monoisotopic (exact) mass is 497 g/mol. The fourth-order valence-electron chi connectivity index (χ4n) is 4.85. The number of carbonyl (C=O) groups excluding carboxylic acids is 1. The van der Waals surface area contributed by atoms with E-state index in [1.807, 2.05) is 36.4 Å². The summed E-state index contributed by atoms with van der Waals surface area (Å²) < 4.78 is 6.37. The van der Waals surface area contributed by atoms with E-state index in [9.17, 15) is 4.79 Å². The van der Waals surface area contributed by atoms with Crippen molar-refractivity contribution in [2.75, 3.05) is 23.4 Å². The summed E-state index contributed by atoms with van der Waals surface area (Å²) >= 11 is 0. The number of nitrogens with zero attached hydrogens (tertiary/aromatic N) is 5. The highest BCUT2D eigenvalue weighted by Crippen LogP contribution is 2.31. The van der Waals surface area contributed by atoms with Crippen molar-refractivity contribution in [1.29, 1.82) is 0 Å². The molecule has 0 bridgehead atoms. The molecule has 0 spiro atoms. The molecule has 3 aromatic heterocycles. The predicted octanol–water partition coefficient (Wildman–Crippen LogP) is 2.79. The number of aromatic amines is 2. The molecule has 1 fully saturated rings. The summed E-state index contributed by atoms with van der Waals surface area (Å²) in [5, 5.41) is 4.87. The normalized spacial score (nSPS) is 16.4. The van der Waals surface area contributed by atoms with Crippen molar-refractivity contribution in [1.82, 2.24) is 29.9 Å². The van der Waals surface area contributed by atoms with Gasteiger partial charge >= 0.3 is 0 Å². The first kappa shape index (κ1) is 22.9. The lowest BCUT2D eigenvalue weighted by Crippen LogP contribution is -2.37. The Morgan fingerprint density at radius 1 is 1.19 bits per heavy atom. The highest BCUT2D eigenvalue weighted by molar-refractivity contribution is 5.98. The highest BCUT2D eigenvalue weighted by atomic mass is 16.5. The second kappa shape index (κ2) is 9.86. The van der Waals surface area contributed by atoms with Gasteiger partial charge in [-0.25, -0.2) is 19.9 Å². The first-order valence-electron chi connectivity index (χ1n) is 12.3. The number of nitrogens with one attached hydrogen (secondary N) is 3. The molecule has 1 aliphatic heterocycles. The summed E-state index contributed by atoms with van der Waals surface area (Å²) in [6.45, 7) is 1.40. The summed E-state index contributed by atoms with van der Waals surface area (Å²) in [4.78, 5) is 38.1. The molecule has 0 saturated carbocycles. The summed E-state index contributed by atoms with van der Waals surface area (Å²) in [7, 11) is 0. The van der Waals surface area contributed by atoms with Crippen LogP contribution in [0.3, 0.4) is 0 Å². The molecule has 6 rings (SSSR count). The Morgan fingerprint density at radius 2 is 2.14 bits per heavy atom. The van der Waals surface area contributed by atoms with Crippen LogP contribution in [0.25, 0.3) is 21.9 Å². The zero-order chi connectivity index (χ0) is 25.2. The molecule has 188 valence electrons. The van der Waals surface area contributed by atoms with E-state index in [0.717, 1.165) is 52.9 Å². The van der Waals surface area contributed by atoms with Crippen molar-refractivity contribution in [2.24, 2.45) is 5.73 Å². The van der Waals surface area contributed by atoms with Crippen LogP contribution in [0.5, 0.6) is 5.75 Å². The van der Waals surface area contributed by atoms with Gasteiger partial charge in [0.05, 0.1) is 24.7 Å². The molecule has 1 aliphatic rings. The lowest BCUT2D eigenvalue weighted by molar-refractivity contribution is -0.117. The maximum absolute atomic E-state index is 12.7. The fourth-order valence-corrected chi connectivity index (χ4v) is 4.85. The number of anilines is 2. The van der Waals surface area contributed by atoms with E-state index < -0.39 is 6.04 Å². The van der Waals surface area contributed by atoms with Crippen LogP contribution in [0.15, 0.2) is 61.6 Å². The van der Waals surface area contributed by atoms with Crippen LogP contribution < -0.4 is 20.7 Å². The second-order valence-electron chi connectivity index (χ2n) is 9.17. The summed E-state index contributed by atoms with van der Waals surface area (Å²) in [5.74, 6) is 1.35. The molecule has 5 aromatic rings. The van der Waals surface area contributed by atoms with Gasteiger partial charge in [-0.3, -0.25) is 4.79 Å². The molecule has 0 unspecified atom stereocenters. The maximum atomic E-state index is 12.7. The predicted molar refractivity (Wildman–Crippen MR) is 140 cm³/mol. The van der Waals surface area contributed by atoms with E-state index in [1.54, 1.807) is 25.2 Å². The number of carbonyl (C=O) groups is 1. The van der Waals surface area contributed by atoms with Gasteiger partial charge in [0.25, 0.3) is 0 Å². The first-order valence-corrected chi connectivity index (χ1v) is 12.3. The van der Waals surface area contributed by atoms with E-state index in [-0.39, 0.29) is 11.9 Å². The Morgan fingerprint density at radius 3 is 3.03 bits per heavy atom. The number of nitrogens with two attached hydrogens (primary N) is 1. The lowest BCUT2D eigenvalue weighted by Gasteiger charge is -2.26. The molecular formula is C26H27N9O2. The van der Waals surface area contributed by atoms with Gasteiger partial charge in [-0.15, -0.1) is 0 Å². The van der Waals surface area contributed by atoms with Gasteiger partial charge < -0.3 is 30.7 Å². The number of imidazole rings is 2. The Balaban J connectivity index is 1.18.